The summed E-state index contributed by atoms with van der Waals surface area (Å²) in [4.78, 5) is 37.2. The third-order valence-corrected chi connectivity index (χ3v) is 6.23. The van der Waals surface area contributed by atoms with Gasteiger partial charge in [0.2, 0.25) is 0 Å². The number of ether oxygens (including phenoxy) is 1. The number of hydrogen-bond donors (Lipinski definition) is 0. The Hall–Kier alpha value is -2.94. The van der Waals surface area contributed by atoms with Gasteiger partial charge in [-0.3, -0.25) is 14.6 Å². The van der Waals surface area contributed by atoms with Crippen LogP contribution >= 0.6 is 0 Å². The minimum atomic E-state index is -0.992. The van der Waals surface area contributed by atoms with E-state index >= 15 is 0 Å². The molecule has 0 unspecified atom stereocenters. The molecular formula is C21H20F2N4O3. The monoisotopic (exact) mass is 414 g/mol. The van der Waals surface area contributed by atoms with E-state index in [9.17, 15) is 18.4 Å². The molecule has 3 aliphatic rings. The van der Waals surface area contributed by atoms with Crippen LogP contribution in [0.1, 0.15) is 47.8 Å². The number of likely N-dealkylation sites (tertiary alicyclic amines) is 1. The van der Waals surface area contributed by atoms with Crippen LogP contribution in [0.4, 0.5) is 8.78 Å². The highest BCUT2D eigenvalue weighted by Gasteiger charge is 2.58. The average Bonchev–Trinajstić information content (AvgIpc) is 3.26. The Bertz CT molecular complexity index is 975. The maximum atomic E-state index is 13.7. The van der Waals surface area contributed by atoms with Gasteiger partial charge >= 0.3 is 0 Å². The Kier molecular flexibility index (Phi) is 4.50. The number of piperidine rings is 1. The van der Waals surface area contributed by atoms with Gasteiger partial charge in [-0.2, -0.15) is 0 Å². The van der Waals surface area contributed by atoms with E-state index in [4.69, 9.17) is 4.74 Å². The Morgan fingerprint density at radius 1 is 1.10 bits per heavy atom. The third-order valence-electron chi connectivity index (χ3n) is 6.23. The lowest BCUT2D eigenvalue weighted by molar-refractivity contribution is -0.142. The molecule has 2 atom stereocenters. The van der Waals surface area contributed by atoms with Crippen LogP contribution in [0.15, 0.2) is 36.8 Å². The molecule has 1 spiro atoms. The SMILES string of the molecule is O=C(c1cnccn1)N1CCC2(CC1)O[C@@H]1CC[C@@H](c3cc(F)cc(F)c3)N1C2=O. The van der Waals surface area contributed by atoms with Crippen molar-refractivity contribution < 1.29 is 23.1 Å². The van der Waals surface area contributed by atoms with Crippen molar-refractivity contribution in [3.8, 4) is 0 Å². The zero-order valence-corrected chi connectivity index (χ0v) is 16.1. The molecule has 2 aromatic rings. The van der Waals surface area contributed by atoms with E-state index in [1.807, 2.05) is 0 Å². The molecular weight excluding hydrogens is 394 g/mol. The summed E-state index contributed by atoms with van der Waals surface area (Å²) in [5.41, 5.74) is -0.283. The Morgan fingerprint density at radius 2 is 1.83 bits per heavy atom. The summed E-state index contributed by atoms with van der Waals surface area (Å²) >= 11 is 0. The van der Waals surface area contributed by atoms with Crippen LogP contribution in [0.2, 0.25) is 0 Å². The number of rotatable bonds is 2. The number of carbonyl (C=O) groups is 2. The molecule has 0 radical (unpaired) electrons. The van der Waals surface area contributed by atoms with Gasteiger partial charge in [-0.1, -0.05) is 0 Å². The quantitative estimate of drug-likeness (QED) is 0.755. The Balaban J connectivity index is 1.32. The summed E-state index contributed by atoms with van der Waals surface area (Å²) in [6.07, 6.45) is 5.92. The molecule has 7 nitrogen and oxygen atoms in total. The smallest absolute Gasteiger partial charge is 0.274 e. The summed E-state index contributed by atoms with van der Waals surface area (Å²) < 4.78 is 33.6. The maximum Gasteiger partial charge on any atom is 0.274 e. The summed E-state index contributed by atoms with van der Waals surface area (Å²) in [6.45, 7) is 0.724. The largest absolute Gasteiger partial charge is 0.342 e. The fourth-order valence-corrected chi connectivity index (χ4v) is 4.78. The topological polar surface area (TPSA) is 75.6 Å². The van der Waals surface area contributed by atoms with Crippen LogP contribution in [0.25, 0.3) is 0 Å². The highest BCUT2D eigenvalue weighted by atomic mass is 19.1. The highest BCUT2D eigenvalue weighted by Crippen LogP contribution is 2.47. The first-order valence-electron chi connectivity index (χ1n) is 9.99. The van der Waals surface area contributed by atoms with E-state index < -0.39 is 29.5 Å². The van der Waals surface area contributed by atoms with Crippen LogP contribution < -0.4 is 0 Å². The number of fused-ring (bicyclic) bond motifs is 1. The summed E-state index contributed by atoms with van der Waals surface area (Å²) in [5, 5.41) is 0. The number of hydrogen-bond acceptors (Lipinski definition) is 5. The van der Waals surface area contributed by atoms with Crippen molar-refractivity contribution in [2.24, 2.45) is 0 Å². The van der Waals surface area contributed by atoms with Gasteiger partial charge in [0.15, 0.2) is 5.60 Å². The number of carbonyl (C=O) groups excluding carboxylic acids is 2. The molecule has 0 bridgehead atoms. The predicted octanol–water partition coefficient (Wildman–Crippen LogP) is 2.45. The van der Waals surface area contributed by atoms with Crippen LogP contribution in [0.5, 0.6) is 0 Å². The van der Waals surface area contributed by atoms with Gasteiger partial charge in [-0.25, -0.2) is 13.8 Å². The number of halogens is 2. The highest BCUT2D eigenvalue weighted by molar-refractivity contribution is 5.93. The van der Waals surface area contributed by atoms with E-state index in [-0.39, 0.29) is 17.5 Å². The molecule has 4 heterocycles. The third kappa shape index (κ3) is 3.04. The Labute approximate surface area is 171 Å². The molecule has 1 aromatic carbocycles. The van der Waals surface area contributed by atoms with E-state index in [1.54, 1.807) is 9.80 Å². The number of amides is 2. The normalized spacial score (nSPS) is 25.1. The van der Waals surface area contributed by atoms with Crippen LogP contribution in [-0.2, 0) is 9.53 Å². The average molecular weight is 414 g/mol. The number of nitrogens with zero attached hydrogens (tertiary/aromatic N) is 4. The van der Waals surface area contributed by atoms with E-state index in [2.05, 4.69) is 9.97 Å². The lowest BCUT2D eigenvalue weighted by Crippen LogP contribution is -2.51. The molecule has 0 N–H and O–H groups in total. The van der Waals surface area contributed by atoms with Crippen LogP contribution in [0, 0.1) is 11.6 Å². The Morgan fingerprint density at radius 3 is 2.50 bits per heavy atom. The van der Waals surface area contributed by atoms with Gasteiger partial charge in [-0.15, -0.1) is 0 Å². The summed E-state index contributed by atoms with van der Waals surface area (Å²) in [5.74, 6) is -1.71. The van der Waals surface area contributed by atoms with Gasteiger partial charge in [0, 0.05) is 44.4 Å². The molecule has 0 saturated carbocycles. The molecule has 3 saturated heterocycles. The fraction of sp³-hybridized carbons (Fsp3) is 0.429. The molecule has 0 aliphatic carbocycles. The number of aromatic nitrogens is 2. The molecule has 156 valence electrons. The molecule has 30 heavy (non-hydrogen) atoms. The first-order chi connectivity index (χ1) is 14.5. The van der Waals surface area contributed by atoms with Crippen molar-refractivity contribution in [2.75, 3.05) is 13.1 Å². The molecule has 3 aliphatic heterocycles. The molecule has 1 aromatic heterocycles. The van der Waals surface area contributed by atoms with Crippen molar-refractivity contribution in [2.45, 2.75) is 43.6 Å². The summed E-state index contributed by atoms with van der Waals surface area (Å²) in [7, 11) is 0. The standard InChI is InChI=1S/C21H20F2N4O3/c22-14-9-13(10-15(23)11-14)17-1-2-18-27(17)20(29)21(30-18)3-7-26(8-4-21)19(28)16-12-24-5-6-25-16/h5-6,9-12,17-18H,1-4,7-8H2/t17-,18+/m0/s1. The number of benzene rings is 1. The molecule has 9 heteroatoms. The first kappa shape index (κ1) is 19.0. The second-order valence-corrected chi connectivity index (χ2v) is 7.96. The fourth-order valence-electron chi connectivity index (χ4n) is 4.78. The minimum absolute atomic E-state index is 0.161. The van der Waals surface area contributed by atoms with Gasteiger partial charge < -0.3 is 14.5 Å². The summed E-state index contributed by atoms with van der Waals surface area (Å²) in [6, 6.07) is 2.96. The van der Waals surface area contributed by atoms with Gasteiger partial charge in [0.05, 0.1) is 12.2 Å². The van der Waals surface area contributed by atoms with Crippen molar-refractivity contribution >= 4 is 11.8 Å². The lowest BCUT2D eigenvalue weighted by Gasteiger charge is -2.37. The molecule has 5 rings (SSSR count). The maximum absolute atomic E-state index is 13.7. The lowest BCUT2D eigenvalue weighted by atomic mass is 9.89. The zero-order chi connectivity index (χ0) is 20.9. The van der Waals surface area contributed by atoms with Crippen molar-refractivity contribution in [1.82, 2.24) is 19.8 Å². The first-order valence-corrected chi connectivity index (χ1v) is 9.99. The van der Waals surface area contributed by atoms with Gasteiger partial charge in [0.25, 0.3) is 11.8 Å². The predicted molar refractivity (Wildman–Crippen MR) is 100.0 cm³/mol. The van der Waals surface area contributed by atoms with E-state index in [0.29, 0.717) is 44.3 Å². The van der Waals surface area contributed by atoms with Crippen LogP contribution in [-0.4, -0.2) is 56.5 Å². The minimum Gasteiger partial charge on any atom is -0.342 e. The molecule has 2 amide bonds. The zero-order valence-electron chi connectivity index (χ0n) is 16.1. The van der Waals surface area contributed by atoms with Crippen molar-refractivity contribution in [3.63, 3.8) is 0 Å². The second-order valence-electron chi connectivity index (χ2n) is 7.96. The van der Waals surface area contributed by atoms with Gasteiger partial charge in [-0.05, 0) is 30.5 Å². The van der Waals surface area contributed by atoms with Gasteiger partial charge in [0.1, 0.15) is 23.6 Å². The van der Waals surface area contributed by atoms with Crippen molar-refractivity contribution in [1.29, 1.82) is 0 Å². The van der Waals surface area contributed by atoms with Crippen LogP contribution in [0.3, 0.4) is 0 Å². The van der Waals surface area contributed by atoms with E-state index in [1.165, 1.54) is 30.7 Å². The molecule has 3 fully saturated rings. The second kappa shape index (κ2) is 7.09. The van der Waals surface area contributed by atoms with E-state index in [0.717, 1.165) is 6.07 Å². The van der Waals surface area contributed by atoms with Crippen molar-refractivity contribution in [3.05, 3.63) is 59.7 Å².